The molecule has 1 fully saturated rings. The Morgan fingerprint density at radius 1 is 1.11 bits per heavy atom. The summed E-state index contributed by atoms with van der Waals surface area (Å²) in [5.74, 6) is 0. The number of amides is 2. The molecule has 1 aliphatic heterocycles. The summed E-state index contributed by atoms with van der Waals surface area (Å²) in [5.41, 5.74) is 2.82. The van der Waals surface area contributed by atoms with E-state index in [1.807, 2.05) is 0 Å². The predicted octanol–water partition coefficient (Wildman–Crippen LogP) is 2.43. The van der Waals surface area contributed by atoms with Crippen LogP contribution in [0.25, 0.3) is 0 Å². The molecule has 4 N–H and O–H groups in total. The van der Waals surface area contributed by atoms with E-state index in [4.69, 9.17) is 5.14 Å². The number of hydrogen-bond acceptors (Lipinski definition) is 4. The van der Waals surface area contributed by atoms with Gasteiger partial charge in [0.05, 0.1) is 4.90 Å². The van der Waals surface area contributed by atoms with Crippen LogP contribution < -0.4 is 20.7 Å². The standard InChI is InChI=1S/C19H24N4O3S/c1-14-4-2-6-17(12-14)23-10-8-15(9-11-23)21-19(24)22-16-5-3-7-18(13-16)27(20,25)26/h2-7,12-13,15H,8-11H2,1H3,(H2,20,25,26)(H2,21,22,24). The van der Waals surface area contributed by atoms with Crippen molar-refractivity contribution in [1.82, 2.24) is 5.32 Å². The molecule has 0 aromatic heterocycles. The summed E-state index contributed by atoms with van der Waals surface area (Å²) in [6.45, 7) is 3.82. The van der Waals surface area contributed by atoms with Gasteiger partial charge in [0.15, 0.2) is 0 Å². The highest BCUT2D eigenvalue weighted by Crippen LogP contribution is 2.21. The lowest BCUT2D eigenvalue weighted by atomic mass is 10.0. The maximum absolute atomic E-state index is 12.2. The monoisotopic (exact) mass is 388 g/mol. The zero-order chi connectivity index (χ0) is 19.4. The Labute approximate surface area is 159 Å². The first-order chi connectivity index (χ1) is 12.8. The second-order valence-corrected chi connectivity index (χ2v) is 8.33. The Bertz CT molecular complexity index is 922. The van der Waals surface area contributed by atoms with Crippen LogP contribution in [0.15, 0.2) is 53.4 Å². The lowest BCUT2D eigenvalue weighted by Gasteiger charge is -2.34. The first-order valence-electron chi connectivity index (χ1n) is 8.83. The number of aryl methyl sites for hydroxylation is 1. The van der Waals surface area contributed by atoms with Gasteiger partial charge in [-0.25, -0.2) is 18.4 Å². The number of hydrogen-bond donors (Lipinski definition) is 3. The van der Waals surface area contributed by atoms with Crippen LogP contribution in [0.3, 0.4) is 0 Å². The molecule has 1 saturated heterocycles. The summed E-state index contributed by atoms with van der Waals surface area (Å²) in [6, 6.07) is 14.0. The molecule has 0 atom stereocenters. The lowest BCUT2D eigenvalue weighted by molar-refractivity contribution is 0.246. The molecule has 2 aromatic rings. The van der Waals surface area contributed by atoms with Gasteiger partial charge in [-0.3, -0.25) is 0 Å². The van der Waals surface area contributed by atoms with Crippen LogP contribution in [0.2, 0.25) is 0 Å². The zero-order valence-electron chi connectivity index (χ0n) is 15.2. The van der Waals surface area contributed by atoms with Crippen molar-refractivity contribution >= 4 is 27.4 Å². The molecule has 144 valence electrons. The highest BCUT2D eigenvalue weighted by Gasteiger charge is 2.21. The molecular weight excluding hydrogens is 364 g/mol. The minimum Gasteiger partial charge on any atom is -0.371 e. The molecule has 1 heterocycles. The average Bonchev–Trinajstić information content (AvgIpc) is 2.62. The molecule has 2 aromatic carbocycles. The van der Waals surface area contributed by atoms with Gasteiger partial charge in [0, 0.05) is 30.5 Å². The summed E-state index contributed by atoms with van der Waals surface area (Å²) < 4.78 is 22.8. The van der Waals surface area contributed by atoms with Crippen LogP contribution in [-0.4, -0.2) is 33.6 Å². The molecule has 27 heavy (non-hydrogen) atoms. The third-order valence-electron chi connectivity index (χ3n) is 4.62. The number of anilines is 2. The van der Waals surface area contributed by atoms with Crippen LogP contribution in [0, 0.1) is 6.92 Å². The lowest BCUT2D eigenvalue weighted by Crippen LogP contribution is -2.46. The quantitative estimate of drug-likeness (QED) is 0.748. The highest BCUT2D eigenvalue weighted by molar-refractivity contribution is 7.89. The van der Waals surface area contributed by atoms with Crippen molar-refractivity contribution in [1.29, 1.82) is 0 Å². The Morgan fingerprint density at radius 2 is 1.81 bits per heavy atom. The molecule has 0 radical (unpaired) electrons. The molecule has 0 spiro atoms. The van der Waals surface area contributed by atoms with E-state index in [0.717, 1.165) is 25.9 Å². The van der Waals surface area contributed by atoms with Gasteiger partial charge in [-0.1, -0.05) is 18.2 Å². The molecule has 2 amide bonds. The fourth-order valence-corrected chi connectivity index (χ4v) is 3.77. The first kappa shape index (κ1) is 19.2. The fourth-order valence-electron chi connectivity index (χ4n) is 3.21. The maximum atomic E-state index is 12.2. The van der Waals surface area contributed by atoms with Gasteiger partial charge in [-0.15, -0.1) is 0 Å². The summed E-state index contributed by atoms with van der Waals surface area (Å²) in [6.07, 6.45) is 1.69. The summed E-state index contributed by atoms with van der Waals surface area (Å²) in [4.78, 5) is 14.5. The number of sulfonamides is 1. The molecular formula is C19H24N4O3S. The zero-order valence-corrected chi connectivity index (χ0v) is 16.0. The Balaban J connectivity index is 1.53. The normalized spacial score (nSPS) is 15.4. The second-order valence-electron chi connectivity index (χ2n) is 6.77. The molecule has 8 heteroatoms. The molecule has 7 nitrogen and oxygen atoms in total. The van der Waals surface area contributed by atoms with Gasteiger partial charge in [-0.2, -0.15) is 0 Å². The molecule has 0 unspecified atom stereocenters. The summed E-state index contributed by atoms with van der Waals surface area (Å²) >= 11 is 0. The maximum Gasteiger partial charge on any atom is 0.319 e. The van der Waals surface area contributed by atoms with Crippen LogP contribution in [-0.2, 0) is 10.0 Å². The minimum absolute atomic E-state index is 0.0354. The van der Waals surface area contributed by atoms with Crippen molar-refractivity contribution in [3.8, 4) is 0 Å². The Hall–Kier alpha value is -2.58. The van der Waals surface area contributed by atoms with Crippen LogP contribution in [0.1, 0.15) is 18.4 Å². The van der Waals surface area contributed by atoms with Gasteiger partial charge in [0.1, 0.15) is 0 Å². The number of piperidine rings is 1. The van der Waals surface area contributed by atoms with Gasteiger partial charge in [0.25, 0.3) is 0 Å². The van der Waals surface area contributed by atoms with Crippen molar-refractivity contribution in [3.05, 3.63) is 54.1 Å². The number of nitrogens with two attached hydrogens (primary N) is 1. The van der Waals surface area contributed by atoms with Crippen molar-refractivity contribution in [2.24, 2.45) is 5.14 Å². The number of primary sulfonamides is 1. The number of nitrogens with one attached hydrogen (secondary N) is 2. The van der Waals surface area contributed by atoms with Crippen molar-refractivity contribution in [3.63, 3.8) is 0 Å². The smallest absolute Gasteiger partial charge is 0.319 e. The van der Waals surface area contributed by atoms with E-state index in [2.05, 4.69) is 46.7 Å². The Kier molecular flexibility index (Phi) is 5.67. The first-order valence-corrected chi connectivity index (χ1v) is 10.4. The molecule has 1 aliphatic rings. The molecule has 0 saturated carbocycles. The second kappa shape index (κ2) is 7.98. The highest BCUT2D eigenvalue weighted by atomic mass is 32.2. The number of nitrogens with zero attached hydrogens (tertiary/aromatic N) is 1. The topological polar surface area (TPSA) is 105 Å². The number of rotatable bonds is 4. The molecule has 0 bridgehead atoms. The van der Waals surface area contributed by atoms with Crippen LogP contribution in [0.5, 0.6) is 0 Å². The van der Waals surface area contributed by atoms with E-state index in [1.165, 1.54) is 29.4 Å². The predicted molar refractivity (Wildman–Crippen MR) is 106 cm³/mol. The number of benzene rings is 2. The van der Waals surface area contributed by atoms with E-state index in [0.29, 0.717) is 5.69 Å². The van der Waals surface area contributed by atoms with E-state index in [1.54, 1.807) is 6.07 Å². The largest absolute Gasteiger partial charge is 0.371 e. The number of carbonyl (C=O) groups excluding carboxylic acids is 1. The van der Waals surface area contributed by atoms with Gasteiger partial charge in [-0.05, 0) is 55.7 Å². The third kappa shape index (κ3) is 5.21. The summed E-state index contributed by atoms with van der Waals surface area (Å²) in [7, 11) is -3.80. The number of carbonyl (C=O) groups is 1. The minimum atomic E-state index is -3.80. The van der Waals surface area contributed by atoms with E-state index in [9.17, 15) is 13.2 Å². The van der Waals surface area contributed by atoms with Gasteiger partial charge in [0.2, 0.25) is 10.0 Å². The van der Waals surface area contributed by atoms with E-state index < -0.39 is 10.0 Å². The SMILES string of the molecule is Cc1cccc(N2CCC(NC(=O)Nc3cccc(S(N)(=O)=O)c3)CC2)c1. The van der Waals surface area contributed by atoms with Crippen molar-refractivity contribution < 1.29 is 13.2 Å². The van der Waals surface area contributed by atoms with Crippen LogP contribution in [0.4, 0.5) is 16.2 Å². The average molecular weight is 388 g/mol. The Morgan fingerprint density at radius 3 is 2.48 bits per heavy atom. The van der Waals surface area contributed by atoms with Gasteiger partial charge >= 0.3 is 6.03 Å². The third-order valence-corrected chi connectivity index (χ3v) is 5.53. The fraction of sp³-hybridized carbons (Fsp3) is 0.316. The summed E-state index contributed by atoms with van der Waals surface area (Å²) in [5, 5.41) is 10.7. The molecule has 3 rings (SSSR count). The number of urea groups is 1. The molecule has 0 aliphatic carbocycles. The van der Waals surface area contributed by atoms with E-state index in [-0.39, 0.29) is 17.0 Å². The van der Waals surface area contributed by atoms with Crippen LogP contribution >= 0.6 is 0 Å². The van der Waals surface area contributed by atoms with E-state index >= 15 is 0 Å². The van der Waals surface area contributed by atoms with Crippen molar-refractivity contribution in [2.45, 2.75) is 30.7 Å². The van der Waals surface area contributed by atoms with Crippen molar-refractivity contribution in [2.75, 3.05) is 23.3 Å². The van der Waals surface area contributed by atoms with Gasteiger partial charge < -0.3 is 15.5 Å².